The summed E-state index contributed by atoms with van der Waals surface area (Å²) in [6.07, 6.45) is 1.87. The molecule has 43 heavy (non-hydrogen) atoms. The molecule has 3 amide bonds. The molecule has 0 unspecified atom stereocenters. The number of benzene rings is 3. The molecule has 3 atom stereocenters. The molecule has 0 aliphatic carbocycles. The Morgan fingerprint density at radius 2 is 1.58 bits per heavy atom. The smallest absolute Gasteiger partial charge is 0.254 e. The van der Waals surface area contributed by atoms with E-state index in [0.29, 0.717) is 6.54 Å². The van der Waals surface area contributed by atoms with Gasteiger partial charge in [-0.15, -0.1) is 11.8 Å². The van der Waals surface area contributed by atoms with Gasteiger partial charge in [-0.2, -0.15) is 0 Å². The fraction of sp³-hybridized carbons (Fsp3) is 0.343. The summed E-state index contributed by atoms with van der Waals surface area (Å²) in [6.45, 7) is 10.1. The van der Waals surface area contributed by atoms with Crippen molar-refractivity contribution in [2.45, 2.75) is 70.5 Å². The lowest BCUT2D eigenvalue weighted by molar-refractivity contribution is -0.147. The molecular weight excluding hydrogens is 558 g/mol. The molecule has 3 N–H and O–H groups in total. The zero-order valence-electron chi connectivity index (χ0n) is 25.5. The molecule has 8 heteroatoms. The van der Waals surface area contributed by atoms with Gasteiger partial charge in [0, 0.05) is 17.4 Å². The molecule has 226 valence electrons. The van der Waals surface area contributed by atoms with Crippen molar-refractivity contribution in [3.8, 4) is 0 Å². The molecule has 4 rings (SSSR count). The number of hydrogen-bond acceptors (Lipinski definition) is 5. The molecule has 0 bridgehead atoms. The summed E-state index contributed by atoms with van der Waals surface area (Å²) in [5, 5.41) is 17.3. The first-order valence-electron chi connectivity index (χ1n) is 14.5. The van der Waals surface area contributed by atoms with E-state index >= 15 is 0 Å². The van der Waals surface area contributed by atoms with Crippen LogP contribution < -0.4 is 10.6 Å². The third-order valence-electron chi connectivity index (χ3n) is 8.00. The standard InChI is InChI=1S/C35H41N3O4S/c1-23-12-9-10-17-27(23)21-36-33(41)32-35(4,5)43-22-38(32)34(42)31(40)29(20-26-15-7-6-8-16-26)37-30(39)19-18-28-24(2)13-11-14-25(28)3/h6-19,29,31-32,40H,20-22H2,1-5H3,(H,36,41)(H,37,39)/b19-18+/t29-,31-,32+/m0/s1. The monoisotopic (exact) mass is 599 g/mol. The second kappa shape index (κ2) is 14.1. The second-order valence-corrected chi connectivity index (χ2v) is 13.2. The molecule has 1 aliphatic heterocycles. The number of carbonyl (C=O) groups excluding carboxylic acids is 3. The maximum atomic E-state index is 13.9. The van der Waals surface area contributed by atoms with Gasteiger partial charge < -0.3 is 20.6 Å². The molecule has 1 fully saturated rings. The van der Waals surface area contributed by atoms with E-state index in [4.69, 9.17) is 0 Å². The van der Waals surface area contributed by atoms with E-state index < -0.39 is 34.7 Å². The lowest BCUT2D eigenvalue weighted by Crippen LogP contribution is -2.58. The molecular formula is C35H41N3O4S. The van der Waals surface area contributed by atoms with Gasteiger partial charge in [-0.05, 0) is 80.5 Å². The Balaban J connectivity index is 1.53. The number of amides is 3. The molecule has 1 heterocycles. The van der Waals surface area contributed by atoms with Crippen LogP contribution in [0.3, 0.4) is 0 Å². The fourth-order valence-corrected chi connectivity index (χ4v) is 6.57. The SMILES string of the molecule is Cc1ccccc1CNC(=O)[C@H]1N(C(=O)[C@@H](O)[C@H](Cc2ccccc2)NC(=O)/C=C/c2c(C)cccc2C)CSC1(C)C. The summed E-state index contributed by atoms with van der Waals surface area (Å²) >= 11 is 1.49. The Labute approximate surface area is 258 Å². The van der Waals surface area contributed by atoms with Gasteiger partial charge in [0.2, 0.25) is 11.8 Å². The zero-order valence-corrected chi connectivity index (χ0v) is 26.3. The summed E-state index contributed by atoms with van der Waals surface area (Å²) < 4.78 is -0.572. The Kier molecular flexibility index (Phi) is 10.5. The highest BCUT2D eigenvalue weighted by Crippen LogP contribution is 2.40. The van der Waals surface area contributed by atoms with E-state index in [1.54, 1.807) is 6.08 Å². The van der Waals surface area contributed by atoms with E-state index in [0.717, 1.165) is 33.4 Å². The summed E-state index contributed by atoms with van der Waals surface area (Å²) in [4.78, 5) is 41.9. The van der Waals surface area contributed by atoms with Crippen LogP contribution in [-0.4, -0.2) is 56.5 Å². The first-order valence-corrected chi connectivity index (χ1v) is 15.5. The van der Waals surface area contributed by atoms with Crippen molar-refractivity contribution in [2.24, 2.45) is 0 Å². The van der Waals surface area contributed by atoms with Gasteiger partial charge in [0.05, 0.1) is 11.9 Å². The molecule has 7 nitrogen and oxygen atoms in total. The van der Waals surface area contributed by atoms with Crippen LogP contribution in [0.25, 0.3) is 6.08 Å². The second-order valence-electron chi connectivity index (χ2n) is 11.6. The van der Waals surface area contributed by atoms with Crippen molar-refractivity contribution in [1.29, 1.82) is 0 Å². The molecule has 3 aromatic carbocycles. The van der Waals surface area contributed by atoms with Gasteiger partial charge in [0.25, 0.3) is 5.91 Å². The molecule has 0 aromatic heterocycles. The van der Waals surface area contributed by atoms with Gasteiger partial charge in [-0.3, -0.25) is 14.4 Å². The van der Waals surface area contributed by atoms with E-state index in [-0.39, 0.29) is 18.2 Å². The van der Waals surface area contributed by atoms with Crippen LogP contribution in [0.2, 0.25) is 0 Å². The van der Waals surface area contributed by atoms with Gasteiger partial charge in [-0.1, -0.05) is 72.8 Å². The summed E-state index contributed by atoms with van der Waals surface area (Å²) in [7, 11) is 0. The van der Waals surface area contributed by atoms with Crippen molar-refractivity contribution in [2.75, 3.05) is 5.88 Å². The van der Waals surface area contributed by atoms with Crippen molar-refractivity contribution >= 4 is 35.6 Å². The van der Waals surface area contributed by atoms with Crippen LogP contribution in [0.4, 0.5) is 0 Å². The molecule has 1 saturated heterocycles. The number of aliphatic hydroxyl groups excluding tert-OH is 1. The number of thioether (sulfide) groups is 1. The average molecular weight is 600 g/mol. The van der Waals surface area contributed by atoms with Gasteiger partial charge in [0.1, 0.15) is 6.04 Å². The summed E-state index contributed by atoms with van der Waals surface area (Å²) in [5.41, 5.74) is 5.96. The van der Waals surface area contributed by atoms with Crippen molar-refractivity contribution in [3.63, 3.8) is 0 Å². The predicted molar refractivity (Wildman–Crippen MR) is 173 cm³/mol. The summed E-state index contributed by atoms with van der Waals surface area (Å²) in [5.74, 6) is -1.03. The van der Waals surface area contributed by atoms with Crippen LogP contribution in [0.15, 0.2) is 78.9 Å². The largest absolute Gasteiger partial charge is 0.381 e. The average Bonchev–Trinajstić information content (AvgIpc) is 3.30. The lowest BCUT2D eigenvalue weighted by atomic mass is 9.97. The van der Waals surface area contributed by atoms with Gasteiger partial charge >= 0.3 is 0 Å². The highest BCUT2D eigenvalue weighted by atomic mass is 32.2. The number of aliphatic hydroxyl groups is 1. The maximum absolute atomic E-state index is 13.9. The van der Waals surface area contributed by atoms with Crippen LogP contribution >= 0.6 is 11.8 Å². The Bertz CT molecular complexity index is 1470. The minimum Gasteiger partial charge on any atom is -0.381 e. The number of nitrogens with one attached hydrogen (secondary N) is 2. The van der Waals surface area contributed by atoms with Crippen LogP contribution in [-0.2, 0) is 27.3 Å². The van der Waals surface area contributed by atoms with Crippen molar-refractivity contribution < 1.29 is 19.5 Å². The number of aryl methyl sites for hydroxylation is 3. The Morgan fingerprint density at radius 3 is 2.26 bits per heavy atom. The highest BCUT2D eigenvalue weighted by Gasteiger charge is 2.49. The van der Waals surface area contributed by atoms with Gasteiger partial charge in [0.15, 0.2) is 6.10 Å². The van der Waals surface area contributed by atoms with Crippen LogP contribution in [0, 0.1) is 20.8 Å². The Morgan fingerprint density at radius 1 is 0.953 bits per heavy atom. The zero-order chi connectivity index (χ0) is 31.1. The summed E-state index contributed by atoms with van der Waals surface area (Å²) in [6, 6.07) is 21.5. The number of rotatable bonds is 10. The third kappa shape index (κ3) is 7.94. The molecule has 1 aliphatic rings. The Hall–Kier alpha value is -3.88. The van der Waals surface area contributed by atoms with E-state index in [1.165, 1.54) is 22.7 Å². The van der Waals surface area contributed by atoms with E-state index in [9.17, 15) is 19.5 Å². The number of nitrogens with zero attached hydrogens (tertiary/aromatic N) is 1. The maximum Gasteiger partial charge on any atom is 0.254 e. The lowest BCUT2D eigenvalue weighted by Gasteiger charge is -2.33. The highest BCUT2D eigenvalue weighted by molar-refractivity contribution is 8.00. The molecule has 0 saturated carbocycles. The third-order valence-corrected chi connectivity index (χ3v) is 9.37. The molecule has 0 spiro atoms. The predicted octanol–water partition coefficient (Wildman–Crippen LogP) is 4.71. The molecule has 3 aromatic rings. The number of carbonyl (C=O) groups is 3. The van der Waals surface area contributed by atoms with Crippen molar-refractivity contribution in [1.82, 2.24) is 15.5 Å². The normalized spacial score (nSPS) is 17.4. The molecule has 0 radical (unpaired) electrons. The first-order chi connectivity index (χ1) is 20.5. The minimum atomic E-state index is -1.56. The van der Waals surface area contributed by atoms with Crippen LogP contribution in [0.1, 0.15) is 47.2 Å². The topological polar surface area (TPSA) is 98.7 Å². The quantitative estimate of drug-likeness (QED) is 0.293. The van der Waals surface area contributed by atoms with E-state index in [1.807, 2.05) is 107 Å². The van der Waals surface area contributed by atoms with Gasteiger partial charge in [-0.25, -0.2) is 0 Å². The van der Waals surface area contributed by atoms with E-state index in [2.05, 4.69) is 10.6 Å². The number of hydrogen-bond donors (Lipinski definition) is 3. The minimum absolute atomic E-state index is 0.241. The first kappa shape index (κ1) is 32.0. The van der Waals surface area contributed by atoms with Crippen molar-refractivity contribution in [3.05, 3.63) is 112 Å². The fourth-order valence-electron chi connectivity index (χ4n) is 5.43. The van der Waals surface area contributed by atoms with Crippen LogP contribution in [0.5, 0.6) is 0 Å².